The van der Waals surface area contributed by atoms with E-state index in [0.29, 0.717) is 5.56 Å². The number of nitrogens with zero attached hydrogens (tertiary/aromatic N) is 2. The first kappa shape index (κ1) is 23.3. The average molecular weight is 475 g/mol. The Morgan fingerprint density at radius 2 is 1.97 bits per heavy atom. The molecule has 12 heteroatoms. The highest BCUT2D eigenvalue weighted by molar-refractivity contribution is 7.86. The molecule has 0 radical (unpaired) electrons. The lowest BCUT2D eigenvalue weighted by Crippen LogP contribution is -2.67. The number of aromatic nitrogens is 1. The van der Waals surface area contributed by atoms with Crippen LogP contribution >= 0.6 is 11.6 Å². The number of carbonyl (C=O) groups is 1. The molecule has 0 spiro atoms. The zero-order chi connectivity index (χ0) is 23.0. The second-order valence-corrected chi connectivity index (χ2v) is 9.45. The normalized spacial score (nSPS) is 16.3. The highest BCUT2D eigenvalue weighted by Crippen LogP contribution is 2.41. The average Bonchev–Trinajstić information content (AvgIpc) is 2.62. The molecule has 1 aliphatic rings. The minimum absolute atomic E-state index is 0.0378. The highest BCUT2D eigenvalue weighted by Gasteiger charge is 2.55. The van der Waals surface area contributed by atoms with Crippen molar-refractivity contribution in [2.75, 3.05) is 18.4 Å². The van der Waals surface area contributed by atoms with Gasteiger partial charge in [-0.3, -0.25) is 4.79 Å². The zero-order valence-electron chi connectivity index (χ0n) is 16.7. The summed E-state index contributed by atoms with van der Waals surface area (Å²) in [6.07, 6.45) is 1.17. The second-order valence-electron chi connectivity index (χ2n) is 7.47. The van der Waals surface area contributed by atoms with Crippen LogP contribution in [0.2, 0.25) is 5.02 Å². The van der Waals surface area contributed by atoms with Crippen LogP contribution in [0.25, 0.3) is 0 Å². The fourth-order valence-electron chi connectivity index (χ4n) is 3.54. The molecule has 2 aromatic rings. The number of anilines is 1. The van der Waals surface area contributed by atoms with E-state index in [1.807, 2.05) is 26.0 Å². The van der Waals surface area contributed by atoms with Crippen LogP contribution in [0.5, 0.6) is 5.75 Å². The van der Waals surface area contributed by atoms with Gasteiger partial charge in [-0.15, -0.1) is 0 Å². The maximum absolute atomic E-state index is 13.4. The summed E-state index contributed by atoms with van der Waals surface area (Å²) in [6.45, 7) is 0.305. The van der Waals surface area contributed by atoms with E-state index in [1.165, 1.54) is 6.20 Å². The van der Waals surface area contributed by atoms with Gasteiger partial charge in [-0.1, -0.05) is 49.7 Å². The van der Waals surface area contributed by atoms with Crippen LogP contribution < -0.4 is 15.2 Å². The van der Waals surface area contributed by atoms with Gasteiger partial charge in [0, 0.05) is 25.4 Å². The molecule has 31 heavy (non-hydrogen) atoms. The van der Waals surface area contributed by atoms with Gasteiger partial charge in [0.1, 0.15) is 5.41 Å². The Balaban J connectivity index is 2.02. The molecule has 1 amide bonds. The fraction of sp³-hybridized carbons (Fsp3) is 0.368. The van der Waals surface area contributed by atoms with E-state index in [2.05, 4.69) is 15.0 Å². The number of pyridine rings is 1. The topological polar surface area (TPSA) is 115 Å². The van der Waals surface area contributed by atoms with Crippen LogP contribution in [-0.2, 0) is 20.4 Å². The molecule has 1 aliphatic heterocycles. The smallest absolute Gasteiger partial charge is 0.387 e. The number of hydrogen-bond acceptors (Lipinski definition) is 5. The van der Waals surface area contributed by atoms with E-state index in [1.54, 1.807) is 12.1 Å². The van der Waals surface area contributed by atoms with Crippen molar-refractivity contribution in [3.63, 3.8) is 0 Å². The van der Waals surface area contributed by atoms with Crippen molar-refractivity contribution in [3.8, 4) is 5.75 Å². The third-order valence-electron chi connectivity index (χ3n) is 5.05. The van der Waals surface area contributed by atoms with Gasteiger partial charge in [-0.2, -0.15) is 21.5 Å². The minimum Gasteiger partial charge on any atom is -0.431 e. The van der Waals surface area contributed by atoms with Crippen molar-refractivity contribution < 1.29 is 26.7 Å². The van der Waals surface area contributed by atoms with E-state index in [-0.39, 0.29) is 29.8 Å². The van der Waals surface area contributed by atoms with Crippen LogP contribution in [0, 0.1) is 0 Å². The Labute approximate surface area is 183 Å². The van der Waals surface area contributed by atoms with Crippen molar-refractivity contribution in [2.24, 2.45) is 5.14 Å². The third-order valence-corrected chi connectivity index (χ3v) is 6.24. The Morgan fingerprint density at radius 1 is 1.32 bits per heavy atom. The number of hydrogen-bond donors (Lipinski definition) is 2. The molecule has 168 valence electrons. The number of carbonyl (C=O) groups excluding carboxylic acids is 1. The number of rotatable bonds is 7. The van der Waals surface area contributed by atoms with Gasteiger partial charge in [-0.05, 0) is 17.0 Å². The van der Waals surface area contributed by atoms with E-state index >= 15 is 0 Å². The summed E-state index contributed by atoms with van der Waals surface area (Å²) in [5.74, 6) is -1.26. The summed E-state index contributed by atoms with van der Waals surface area (Å²) in [5, 5.41) is 7.75. The lowest BCUT2D eigenvalue weighted by atomic mass is 9.71. The predicted molar refractivity (Wildman–Crippen MR) is 111 cm³/mol. The summed E-state index contributed by atoms with van der Waals surface area (Å²) in [7, 11) is -4.02. The first-order valence-electron chi connectivity index (χ1n) is 9.23. The van der Waals surface area contributed by atoms with E-state index < -0.39 is 33.9 Å². The number of benzene rings is 1. The van der Waals surface area contributed by atoms with Gasteiger partial charge < -0.3 is 10.1 Å². The summed E-state index contributed by atoms with van der Waals surface area (Å²) in [6, 6.07) is 8.24. The number of alkyl halides is 2. The van der Waals surface area contributed by atoms with Crippen molar-refractivity contribution in [3.05, 3.63) is 52.7 Å². The number of nitrogens with two attached hydrogens (primary N) is 1. The van der Waals surface area contributed by atoms with Gasteiger partial charge in [0.2, 0.25) is 5.91 Å². The monoisotopic (exact) mass is 474 g/mol. The predicted octanol–water partition coefficient (Wildman–Crippen LogP) is 2.86. The standard InChI is InChI=1S/C19H21ClF2N4O4S/c1-11(2)13-5-3-4-6-14(13)19(9-26(10-19)31(23,28)29)17(27)25-16-15(30-18(21)22)7-12(20)8-24-16/h3-8,11,18H,9-10H2,1-2H3,(H2,23,28,29)(H,24,25,27). The van der Waals surface area contributed by atoms with Gasteiger partial charge in [0.25, 0.3) is 10.2 Å². The number of amides is 1. The summed E-state index contributed by atoms with van der Waals surface area (Å²) < 4.78 is 54.5. The first-order chi connectivity index (χ1) is 14.4. The molecule has 1 aromatic carbocycles. The van der Waals surface area contributed by atoms with Crippen molar-refractivity contribution in [1.82, 2.24) is 9.29 Å². The molecule has 1 fully saturated rings. The minimum atomic E-state index is -4.02. The molecule has 0 bridgehead atoms. The highest BCUT2D eigenvalue weighted by atomic mass is 35.5. The largest absolute Gasteiger partial charge is 0.431 e. The van der Waals surface area contributed by atoms with Gasteiger partial charge in [0.05, 0.1) is 5.02 Å². The number of halogens is 3. The van der Waals surface area contributed by atoms with Crippen molar-refractivity contribution in [2.45, 2.75) is 31.8 Å². The Hall–Kier alpha value is -2.34. The van der Waals surface area contributed by atoms with Crippen LogP contribution in [0.4, 0.5) is 14.6 Å². The molecule has 0 atom stereocenters. The van der Waals surface area contributed by atoms with Crippen molar-refractivity contribution >= 4 is 33.5 Å². The van der Waals surface area contributed by atoms with E-state index in [0.717, 1.165) is 15.9 Å². The number of nitrogens with one attached hydrogen (secondary N) is 1. The van der Waals surface area contributed by atoms with E-state index in [4.69, 9.17) is 16.7 Å². The molecule has 0 aliphatic carbocycles. The van der Waals surface area contributed by atoms with Crippen molar-refractivity contribution in [1.29, 1.82) is 0 Å². The molecule has 0 unspecified atom stereocenters. The van der Waals surface area contributed by atoms with E-state index in [9.17, 15) is 22.0 Å². The lowest BCUT2D eigenvalue weighted by Gasteiger charge is -2.48. The first-order valence-corrected chi connectivity index (χ1v) is 11.1. The summed E-state index contributed by atoms with van der Waals surface area (Å²) in [4.78, 5) is 17.3. The number of ether oxygens (including phenoxy) is 1. The molecule has 3 rings (SSSR count). The van der Waals surface area contributed by atoms with Gasteiger partial charge in [-0.25, -0.2) is 10.1 Å². The maximum atomic E-state index is 13.4. The summed E-state index contributed by atoms with van der Waals surface area (Å²) in [5.41, 5.74) is 0.170. The Morgan fingerprint density at radius 3 is 2.55 bits per heavy atom. The molecule has 2 heterocycles. The van der Waals surface area contributed by atoms with Gasteiger partial charge >= 0.3 is 6.61 Å². The molecule has 0 saturated carbocycles. The fourth-order valence-corrected chi connectivity index (χ4v) is 4.48. The molecule has 8 nitrogen and oxygen atoms in total. The van der Waals surface area contributed by atoms with Gasteiger partial charge in [0.15, 0.2) is 11.6 Å². The van der Waals surface area contributed by atoms with Crippen LogP contribution in [0.3, 0.4) is 0 Å². The molecule has 3 N–H and O–H groups in total. The molecule has 1 saturated heterocycles. The zero-order valence-corrected chi connectivity index (χ0v) is 18.3. The quantitative estimate of drug-likeness (QED) is 0.640. The lowest BCUT2D eigenvalue weighted by molar-refractivity contribution is -0.125. The summed E-state index contributed by atoms with van der Waals surface area (Å²) >= 11 is 5.80. The van der Waals surface area contributed by atoms with Crippen LogP contribution in [0.15, 0.2) is 36.5 Å². The Bertz CT molecular complexity index is 1090. The second kappa shape index (κ2) is 8.65. The van der Waals surface area contributed by atoms with Crippen LogP contribution in [-0.4, -0.2) is 43.3 Å². The molecular weight excluding hydrogens is 454 g/mol. The molecule has 1 aromatic heterocycles. The molecular formula is C19H21ClF2N4O4S. The third kappa shape index (κ3) is 4.79. The van der Waals surface area contributed by atoms with Crippen LogP contribution in [0.1, 0.15) is 30.9 Å². The Kier molecular flexibility index (Phi) is 6.51. The maximum Gasteiger partial charge on any atom is 0.387 e. The SMILES string of the molecule is CC(C)c1ccccc1C1(C(=O)Nc2ncc(Cl)cc2OC(F)F)CN(S(N)(=O)=O)C1.